The average Bonchev–Trinajstić information content (AvgIpc) is 3.11. The molecule has 0 aromatic carbocycles. The molecule has 0 unspecified atom stereocenters. The van der Waals surface area contributed by atoms with E-state index >= 15 is 0 Å². The fourth-order valence-electron chi connectivity index (χ4n) is 5.71. The van der Waals surface area contributed by atoms with Gasteiger partial charge in [0.15, 0.2) is 0 Å². The lowest BCUT2D eigenvalue weighted by Gasteiger charge is -2.33. The second-order valence-corrected chi connectivity index (χ2v) is 10.3. The summed E-state index contributed by atoms with van der Waals surface area (Å²) in [4.78, 5) is 45.5. The van der Waals surface area contributed by atoms with Gasteiger partial charge < -0.3 is 25.6 Å². The zero-order valence-electron chi connectivity index (χ0n) is 21.2. The smallest absolute Gasteiger partial charge is 0.318 e. The summed E-state index contributed by atoms with van der Waals surface area (Å²) in [5.74, 6) is 0.802. The van der Waals surface area contributed by atoms with Crippen LogP contribution in [0.15, 0.2) is 12.3 Å². The van der Waals surface area contributed by atoms with Gasteiger partial charge in [0.05, 0.1) is 11.1 Å². The SMILES string of the molecule is CCCN(CC)C(=O)N[C@H](C(=O)Nc1cc2c(cn1)C1(CCOCC1)C(=O)N2)[C@H]1CC[C@@H](C)CC1. The first-order valence-corrected chi connectivity index (χ1v) is 13.1. The van der Waals surface area contributed by atoms with E-state index in [2.05, 4.69) is 27.9 Å². The van der Waals surface area contributed by atoms with Crippen molar-refractivity contribution in [2.75, 3.05) is 36.9 Å². The van der Waals surface area contributed by atoms with Gasteiger partial charge >= 0.3 is 6.03 Å². The van der Waals surface area contributed by atoms with Crippen LogP contribution in [0.25, 0.3) is 0 Å². The highest BCUT2D eigenvalue weighted by molar-refractivity contribution is 6.07. The van der Waals surface area contributed by atoms with Crippen molar-refractivity contribution in [2.45, 2.75) is 77.2 Å². The Morgan fingerprint density at radius 2 is 1.94 bits per heavy atom. The van der Waals surface area contributed by atoms with E-state index in [4.69, 9.17) is 4.74 Å². The van der Waals surface area contributed by atoms with Crippen LogP contribution in [0.3, 0.4) is 0 Å². The predicted octanol–water partition coefficient (Wildman–Crippen LogP) is 3.66. The third kappa shape index (κ3) is 5.29. The van der Waals surface area contributed by atoms with Crippen molar-refractivity contribution in [3.63, 3.8) is 0 Å². The molecule has 1 saturated heterocycles. The van der Waals surface area contributed by atoms with Gasteiger partial charge in [-0.1, -0.05) is 26.7 Å². The lowest BCUT2D eigenvalue weighted by atomic mass is 9.76. The van der Waals surface area contributed by atoms with Crippen LogP contribution in [0.4, 0.5) is 16.3 Å². The number of urea groups is 1. The maximum absolute atomic E-state index is 13.5. The zero-order valence-corrected chi connectivity index (χ0v) is 21.2. The molecule has 3 aliphatic rings. The summed E-state index contributed by atoms with van der Waals surface area (Å²) in [5.41, 5.74) is 0.962. The number of ether oxygens (including phenoxy) is 1. The number of carbonyl (C=O) groups excluding carboxylic acids is 3. The topological polar surface area (TPSA) is 113 Å². The van der Waals surface area contributed by atoms with Crippen molar-refractivity contribution < 1.29 is 19.1 Å². The Hall–Kier alpha value is -2.68. The minimum Gasteiger partial charge on any atom is -0.381 e. The minimum absolute atomic E-state index is 0.0295. The Morgan fingerprint density at radius 1 is 1.23 bits per heavy atom. The number of carbonyl (C=O) groups is 3. The molecule has 1 saturated carbocycles. The van der Waals surface area contributed by atoms with Gasteiger partial charge in [-0.15, -0.1) is 0 Å². The molecule has 0 radical (unpaired) electrons. The van der Waals surface area contributed by atoms with Crippen molar-refractivity contribution in [3.05, 3.63) is 17.8 Å². The Balaban J connectivity index is 1.51. The molecular formula is C26H39N5O4. The first-order valence-electron chi connectivity index (χ1n) is 13.1. The third-order valence-corrected chi connectivity index (χ3v) is 7.96. The Labute approximate surface area is 207 Å². The van der Waals surface area contributed by atoms with E-state index in [1.165, 1.54) is 0 Å². The molecule has 1 spiro atoms. The van der Waals surface area contributed by atoms with Gasteiger partial charge in [-0.25, -0.2) is 9.78 Å². The van der Waals surface area contributed by atoms with Crippen LogP contribution in [0.5, 0.6) is 0 Å². The van der Waals surface area contributed by atoms with E-state index in [-0.39, 0.29) is 23.8 Å². The fourth-order valence-corrected chi connectivity index (χ4v) is 5.71. The second-order valence-electron chi connectivity index (χ2n) is 10.3. The zero-order chi connectivity index (χ0) is 25.0. The summed E-state index contributed by atoms with van der Waals surface area (Å²) in [6.07, 6.45) is 7.70. The summed E-state index contributed by atoms with van der Waals surface area (Å²) in [6.45, 7) is 8.54. The van der Waals surface area contributed by atoms with Gasteiger partial charge in [-0.3, -0.25) is 9.59 Å². The molecule has 35 heavy (non-hydrogen) atoms. The summed E-state index contributed by atoms with van der Waals surface area (Å²) in [7, 11) is 0. The molecule has 2 aliphatic heterocycles. The van der Waals surface area contributed by atoms with Gasteiger partial charge in [0.25, 0.3) is 0 Å². The number of hydrogen-bond acceptors (Lipinski definition) is 5. The summed E-state index contributed by atoms with van der Waals surface area (Å²) < 4.78 is 5.46. The molecule has 9 nitrogen and oxygen atoms in total. The number of pyridine rings is 1. The van der Waals surface area contributed by atoms with Crippen LogP contribution in [-0.2, 0) is 19.7 Å². The number of aromatic nitrogens is 1. The molecule has 9 heteroatoms. The van der Waals surface area contributed by atoms with Gasteiger partial charge in [0, 0.05) is 44.1 Å². The van der Waals surface area contributed by atoms with Crippen LogP contribution in [-0.4, -0.2) is 60.1 Å². The predicted molar refractivity (Wildman–Crippen MR) is 134 cm³/mol. The van der Waals surface area contributed by atoms with Crippen LogP contribution in [0, 0.1) is 11.8 Å². The largest absolute Gasteiger partial charge is 0.381 e. The van der Waals surface area contributed by atoms with Crippen LogP contribution in [0.2, 0.25) is 0 Å². The van der Waals surface area contributed by atoms with Crippen molar-refractivity contribution in [2.24, 2.45) is 11.8 Å². The lowest BCUT2D eigenvalue weighted by Crippen LogP contribution is -2.53. The van der Waals surface area contributed by atoms with Crippen LogP contribution in [0.1, 0.15) is 71.3 Å². The lowest BCUT2D eigenvalue weighted by molar-refractivity contribution is -0.124. The number of nitrogens with zero attached hydrogens (tertiary/aromatic N) is 2. The quantitative estimate of drug-likeness (QED) is 0.546. The molecule has 1 atom stereocenters. The average molecular weight is 486 g/mol. The monoisotopic (exact) mass is 485 g/mol. The fraction of sp³-hybridized carbons (Fsp3) is 0.692. The molecule has 3 N–H and O–H groups in total. The molecule has 4 amide bonds. The first-order chi connectivity index (χ1) is 16.9. The van der Waals surface area contributed by atoms with E-state index in [1.54, 1.807) is 17.2 Å². The van der Waals surface area contributed by atoms with Gasteiger partial charge in [0.1, 0.15) is 11.9 Å². The summed E-state index contributed by atoms with van der Waals surface area (Å²) in [6, 6.07) is 0.892. The van der Waals surface area contributed by atoms with E-state index in [0.29, 0.717) is 56.6 Å². The highest BCUT2D eigenvalue weighted by atomic mass is 16.5. The maximum atomic E-state index is 13.5. The summed E-state index contributed by atoms with van der Waals surface area (Å²) in [5, 5.41) is 8.92. The molecule has 1 aromatic heterocycles. The van der Waals surface area contributed by atoms with Gasteiger partial charge in [-0.05, 0) is 50.9 Å². The van der Waals surface area contributed by atoms with Crippen molar-refractivity contribution in [1.82, 2.24) is 15.2 Å². The number of fused-ring (bicyclic) bond motifs is 2. The van der Waals surface area contributed by atoms with Gasteiger partial charge in [0.2, 0.25) is 11.8 Å². The molecule has 1 aromatic rings. The van der Waals surface area contributed by atoms with Crippen molar-refractivity contribution >= 4 is 29.4 Å². The molecule has 4 rings (SSSR count). The maximum Gasteiger partial charge on any atom is 0.318 e. The molecule has 2 fully saturated rings. The van der Waals surface area contributed by atoms with E-state index < -0.39 is 11.5 Å². The molecule has 192 valence electrons. The highest BCUT2D eigenvalue weighted by Crippen LogP contribution is 2.44. The molecule has 3 heterocycles. The number of rotatable bonds is 7. The second kappa shape index (κ2) is 10.9. The van der Waals surface area contributed by atoms with Gasteiger partial charge in [-0.2, -0.15) is 0 Å². The highest BCUT2D eigenvalue weighted by Gasteiger charge is 2.48. The van der Waals surface area contributed by atoms with Crippen molar-refractivity contribution in [3.8, 4) is 0 Å². The molecular weight excluding hydrogens is 446 g/mol. The Kier molecular flexibility index (Phi) is 7.94. The normalized spacial score (nSPS) is 23.8. The molecule has 0 bridgehead atoms. The number of amides is 4. The number of anilines is 2. The standard InChI is InChI=1S/C26H39N5O4/c1-4-12-31(5-2)25(34)30-22(18-8-6-17(3)7-9-18)23(32)29-21-15-20-19(16-27-21)26(24(33)28-20)10-13-35-14-11-26/h15-18,22H,4-14H2,1-3H3,(H,28,33)(H,30,34)(H,27,29,32)/t17-,18+,22-/m0/s1. The minimum atomic E-state index is -0.632. The van der Waals surface area contributed by atoms with Crippen LogP contribution < -0.4 is 16.0 Å². The summed E-state index contributed by atoms with van der Waals surface area (Å²) >= 11 is 0. The Morgan fingerprint density at radius 3 is 2.60 bits per heavy atom. The van der Waals surface area contributed by atoms with E-state index in [1.807, 2.05) is 13.8 Å². The number of nitrogens with one attached hydrogen (secondary N) is 3. The third-order valence-electron chi connectivity index (χ3n) is 7.96. The first kappa shape index (κ1) is 25.4. The van der Waals surface area contributed by atoms with Crippen molar-refractivity contribution in [1.29, 1.82) is 0 Å². The van der Waals surface area contributed by atoms with E-state index in [9.17, 15) is 14.4 Å². The van der Waals surface area contributed by atoms with E-state index in [0.717, 1.165) is 37.7 Å². The molecule has 1 aliphatic carbocycles. The van der Waals surface area contributed by atoms with Crippen LogP contribution >= 0.6 is 0 Å². The Bertz CT molecular complexity index is 938. The number of hydrogen-bond donors (Lipinski definition) is 3.